The van der Waals surface area contributed by atoms with E-state index in [1.54, 1.807) is 0 Å². The zero-order valence-corrected chi connectivity index (χ0v) is 8.99. The fourth-order valence-corrected chi connectivity index (χ4v) is 1.41. The van der Waals surface area contributed by atoms with Crippen molar-refractivity contribution in [3.05, 3.63) is 12.7 Å². The Morgan fingerprint density at radius 2 is 2.14 bits per heavy atom. The number of aliphatic hydroxyl groups excluding tert-OH is 1. The highest BCUT2D eigenvalue weighted by Crippen LogP contribution is 2.13. The number of nitrogens with two attached hydrogens (primary N) is 1. The smallest absolute Gasteiger partial charge is 0.125 e. The standard InChI is InChI=1S/C10H18ClNO2/c1-2-9(12)10(14)8(7-13)5-3-4-6-11/h2,7-10,14H,1,3-6,12H2/t8?,9-,10-/m0/s1. The third-order valence-electron chi connectivity index (χ3n) is 2.20. The number of rotatable bonds is 8. The number of hydrogen-bond acceptors (Lipinski definition) is 3. The van der Waals surface area contributed by atoms with Gasteiger partial charge in [0.25, 0.3) is 0 Å². The first-order chi connectivity index (χ1) is 6.67. The molecule has 0 amide bonds. The molecule has 0 aromatic carbocycles. The molecule has 0 aliphatic rings. The van der Waals surface area contributed by atoms with Crippen LogP contribution in [0.5, 0.6) is 0 Å². The lowest BCUT2D eigenvalue weighted by Crippen LogP contribution is -2.39. The molecule has 14 heavy (non-hydrogen) atoms. The van der Waals surface area contributed by atoms with Gasteiger partial charge in [0, 0.05) is 17.8 Å². The molecular weight excluding hydrogens is 202 g/mol. The second-order valence-corrected chi connectivity index (χ2v) is 3.67. The number of alkyl halides is 1. The summed E-state index contributed by atoms with van der Waals surface area (Å²) in [5.41, 5.74) is 5.54. The van der Waals surface area contributed by atoms with Gasteiger partial charge in [0.05, 0.1) is 6.10 Å². The van der Waals surface area contributed by atoms with Crippen LogP contribution in [0.2, 0.25) is 0 Å². The molecule has 82 valence electrons. The number of carbonyl (C=O) groups excluding carboxylic acids is 1. The number of aliphatic hydroxyl groups is 1. The molecule has 1 unspecified atom stereocenters. The van der Waals surface area contributed by atoms with Crippen molar-refractivity contribution in [2.75, 3.05) is 5.88 Å². The maximum atomic E-state index is 10.7. The van der Waals surface area contributed by atoms with Crippen molar-refractivity contribution in [2.24, 2.45) is 11.7 Å². The summed E-state index contributed by atoms with van der Waals surface area (Å²) < 4.78 is 0. The molecule has 0 radical (unpaired) electrons. The zero-order valence-electron chi connectivity index (χ0n) is 8.23. The first-order valence-corrected chi connectivity index (χ1v) is 5.28. The van der Waals surface area contributed by atoms with Crippen LogP contribution in [-0.4, -0.2) is 29.4 Å². The second kappa shape index (κ2) is 7.97. The normalized spacial score (nSPS) is 17.1. The van der Waals surface area contributed by atoms with Crippen LogP contribution in [0.1, 0.15) is 19.3 Å². The SMILES string of the molecule is C=C[C@H](N)[C@@H](O)C(C=O)CCCCCl. The van der Waals surface area contributed by atoms with Crippen molar-refractivity contribution in [1.82, 2.24) is 0 Å². The lowest BCUT2D eigenvalue weighted by atomic mass is 9.93. The molecule has 0 aliphatic carbocycles. The molecule has 0 aliphatic heterocycles. The van der Waals surface area contributed by atoms with E-state index in [9.17, 15) is 9.90 Å². The summed E-state index contributed by atoms with van der Waals surface area (Å²) in [7, 11) is 0. The quantitative estimate of drug-likeness (QED) is 0.278. The largest absolute Gasteiger partial charge is 0.390 e. The van der Waals surface area contributed by atoms with Gasteiger partial charge in [-0.15, -0.1) is 18.2 Å². The number of aldehydes is 1. The molecule has 0 spiro atoms. The number of hydrogen-bond donors (Lipinski definition) is 2. The van der Waals surface area contributed by atoms with E-state index in [0.29, 0.717) is 12.3 Å². The summed E-state index contributed by atoms with van der Waals surface area (Å²) >= 11 is 5.51. The van der Waals surface area contributed by atoms with Crippen LogP contribution < -0.4 is 5.73 Å². The first-order valence-electron chi connectivity index (χ1n) is 4.74. The topological polar surface area (TPSA) is 63.3 Å². The van der Waals surface area contributed by atoms with Gasteiger partial charge in [0.15, 0.2) is 0 Å². The van der Waals surface area contributed by atoms with Gasteiger partial charge in [0.2, 0.25) is 0 Å². The number of halogens is 1. The summed E-state index contributed by atoms with van der Waals surface area (Å²) in [6.45, 7) is 3.47. The Hall–Kier alpha value is -0.380. The third-order valence-corrected chi connectivity index (χ3v) is 2.47. The lowest BCUT2D eigenvalue weighted by Gasteiger charge is -2.21. The van der Waals surface area contributed by atoms with Crippen LogP contribution in [-0.2, 0) is 4.79 Å². The van der Waals surface area contributed by atoms with Gasteiger partial charge >= 0.3 is 0 Å². The van der Waals surface area contributed by atoms with Crippen molar-refractivity contribution in [3.8, 4) is 0 Å². The molecule has 0 fully saturated rings. The minimum atomic E-state index is -0.833. The molecule has 0 aromatic rings. The highest BCUT2D eigenvalue weighted by Gasteiger charge is 2.22. The van der Waals surface area contributed by atoms with Gasteiger partial charge < -0.3 is 15.6 Å². The van der Waals surface area contributed by atoms with Crippen LogP contribution in [0.15, 0.2) is 12.7 Å². The van der Waals surface area contributed by atoms with Gasteiger partial charge in [-0.1, -0.05) is 12.5 Å². The van der Waals surface area contributed by atoms with Gasteiger partial charge in [0.1, 0.15) is 6.29 Å². The fourth-order valence-electron chi connectivity index (χ4n) is 1.22. The zero-order chi connectivity index (χ0) is 11.0. The van der Waals surface area contributed by atoms with Gasteiger partial charge in [-0.05, 0) is 12.8 Å². The Balaban J connectivity index is 3.98. The van der Waals surface area contributed by atoms with E-state index in [1.165, 1.54) is 6.08 Å². The van der Waals surface area contributed by atoms with Gasteiger partial charge in [-0.3, -0.25) is 0 Å². The predicted octanol–water partition coefficient (Wildman–Crippen LogP) is 1.08. The van der Waals surface area contributed by atoms with E-state index in [4.69, 9.17) is 17.3 Å². The maximum absolute atomic E-state index is 10.7. The molecule has 0 rings (SSSR count). The third kappa shape index (κ3) is 4.74. The molecule has 3 N–H and O–H groups in total. The number of unbranched alkanes of at least 4 members (excludes halogenated alkanes) is 1. The molecule has 0 saturated carbocycles. The van der Waals surface area contributed by atoms with E-state index in [1.807, 2.05) is 0 Å². The van der Waals surface area contributed by atoms with Crippen LogP contribution in [0.3, 0.4) is 0 Å². The van der Waals surface area contributed by atoms with Crippen molar-refractivity contribution in [1.29, 1.82) is 0 Å². The van der Waals surface area contributed by atoms with Crippen LogP contribution in [0, 0.1) is 5.92 Å². The predicted molar refractivity (Wildman–Crippen MR) is 58.3 cm³/mol. The van der Waals surface area contributed by atoms with Gasteiger partial charge in [-0.2, -0.15) is 0 Å². The minimum absolute atomic E-state index is 0.411. The highest BCUT2D eigenvalue weighted by molar-refractivity contribution is 6.17. The minimum Gasteiger partial charge on any atom is -0.390 e. The van der Waals surface area contributed by atoms with Crippen LogP contribution >= 0.6 is 11.6 Å². The van der Waals surface area contributed by atoms with Crippen LogP contribution in [0.25, 0.3) is 0 Å². The molecule has 0 heterocycles. The monoisotopic (exact) mass is 219 g/mol. The Morgan fingerprint density at radius 3 is 2.57 bits per heavy atom. The Bertz CT molecular complexity index is 176. The van der Waals surface area contributed by atoms with Crippen molar-refractivity contribution in [3.63, 3.8) is 0 Å². The summed E-state index contributed by atoms with van der Waals surface area (Å²) in [4.78, 5) is 10.7. The van der Waals surface area contributed by atoms with E-state index in [2.05, 4.69) is 6.58 Å². The van der Waals surface area contributed by atoms with E-state index < -0.39 is 18.1 Å². The second-order valence-electron chi connectivity index (χ2n) is 3.29. The summed E-state index contributed by atoms with van der Waals surface area (Å²) in [5.74, 6) is 0.168. The molecule has 3 nitrogen and oxygen atoms in total. The molecule has 0 aromatic heterocycles. The van der Waals surface area contributed by atoms with Crippen LogP contribution in [0.4, 0.5) is 0 Å². The Morgan fingerprint density at radius 1 is 1.50 bits per heavy atom. The van der Waals surface area contributed by atoms with E-state index >= 15 is 0 Å². The Labute approximate surface area is 89.9 Å². The Kier molecular flexibility index (Phi) is 7.76. The molecule has 3 atom stereocenters. The summed E-state index contributed by atoms with van der Waals surface area (Å²) in [6, 6.07) is -0.541. The summed E-state index contributed by atoms with van der Waals surface area (Å²) in [6.07, 6.45) is 3.67. The average molecular weight is 220 g/mol. The van der Waals surface area contributed by atoms with Crippen molar-refractivity contribution < 1.29 is 9.90 Å². The molecule has 0 bridgehead atoms. The highest BCUT2D eigenvalue weighted by atomic mass is 35.5. The van der Waals surface area contributed by atoms with Crippen molar-refractivity contribution in [2.45, 2.75) is 31.4 Å². The average Bonchev–Trinajstić information content (AvgIpc) is 2.22. The first kappa shape index (κ1) is 13.6. The summed E-state index contributed by atoms with van der Waals surface area (Å²) in [5, 5.41) is 9.62. The van der Waals surface area contributed by atoms with Gasteiger partial charge in [-0.25, -0.2) is 0 Å². The number of carbonyl (C=O) groups is 1. The van der Waals surface area contributed by atoms with E-state index in [-0.39, 0.29) is 0 Å². The molecular formula is C10H18ClNO2. The molecule has 4 heteroatoms. The van der Waals surface area contributed by atoms with E-state index in [0.717, 1.165) is 19.1 Å². The fraction of sp³-hybridized carbons (Fsp3) is 0.700. The maximum Gasteiger partial charge on any atom is 0.125 e. The lowest BCUT2D eigenvalue weighted by molar-refractivity contribution is -0.114. The van der Waals surface area contributed by atoms with Crippen molar-refractivity contribution >= 4 is 17.9 Å². The molecule has 0 saturated heterocycles.